The zero-order valence-corrected chi connectivity index (χ0v) is 14.1. The molecule has 0 aliphatic heterocycles. The number of aromatic nitrogens is 1. The van der Waals surface area contributed by atoms with Crippen molar-refractivity contribution in [2.75, 3.05) is 5.32 Å². The first-order valence-corrected chi connectivity index (χ1v) is 8.46. The third-order valence-electron chi connectivity index (χ3n) is 3.71. The lowest BCUT2D eigenvalue weighted by Crippen LogP contribution is -2.27. The largest absolute Gasteiger partial charge is 0.327 e. The van der Waals surface area contributed by atoms with Gasteiger partial charge in [-0.3, -0.25) is 10.1 Å². The van der Waals surface area contributed by atoms with Crippen LogP contribution in [-0.4, -0.2) is 16.9 Å². The Kier molecular flexibility index (Phi) is 4.10. The SMILES string of the molecule is Cc1c(Br)cccc1C(=O)Nc1nc2c(s1)C[C@@H](N)CC2. The van der Waals surface area contributed by atoms with Crippen LogP contribution in [0.25, 0.3) is 0 Å². The summed E-state index contributed by atoms with van der Waals surface area (Å²) in [6.45, 7) is 1.92. The molecule has 1 aliphatic rings. The van der Waals surface area contributed by atoms with E-state index in [1.165, 1.54) is 16.2 Å². The summed E-state index contributed by atoms with van der Waals surface area (Å²) in [6, 6.07) is 5.82. The molecule has 1 amide bonds. The van der Waals surface area contributed by atoms with Crippen LogP contribution in [0.2, 0.25) is 0 Å². The minimum atomic E-state index is -0.121. The van der Waals surface area contributed by atoms with Crippen LogP contribution in [0.5, 0.6) is 0 Å². The summed E-state index contributed by atoms with van der Waals surface area (Å²) in [5.41, 5.74) is 8.65. The average Bonchev–Trinajstić information content (AvgIpc) is 2.83. The van der Waals surface area contributed by atoms with Crippen LogP contribution in [0.3, 0.4) is 0 Å². The number of rotatable bonds is 2. The zero-order chi connectivity index (χ0) is 15.0. The number of amides is 1. The van der Waals surface area contributed by atoms with E-state index in [4.69, 9.17) is 5.73 Å². The average molecular weight is 366 g/mol. The van der Waals surface area contributed by atoms with Gasteiger partial charge in [0.05, 0.1) is 5.69 Å². The Hall–Kier alpha value is -1.24. The molecule has 1 atom stereocenters. The van der Waals surface area contributed by atoms with Gasteiger partial charge in [-0.25, -0.2) is 4.98 Å². The smallest absolute Gasteiger partial charge is 0.257 e. The number of nitrogens with two attached hydrogens (primary N) is 1. The molecule has 110 valence electrons. The highest BCUT2D eigenvalue weighted by Crippen LogP contribution is 2.30. The molecule has 1 aliphatic carbocycles. The van der Waals surface area contributed by atoms with Crippen LogP contribution >= 0.6 is 27.3 Å². The molecule has 0 saturated carbocycles. The molecule has 0 bridgehead atoms. The van der Waals surface area contributed by atoms with Gasteiger partial charge in [0.15, 0.2) is 5.13 Å². The maximum Gasteiger partial charge on any atom is 0.257 e. The molecule has 6 heteroatoms. The van der Waals surface area contributed by atoms with Gasteiger partial charge in [-0.1, -0.05) is 22.0 Å². The first-order chi connectivity index (χ1) is 10.0. The Morgan fingerprint density at radius 1 is 1.52 bits per heavy atom. The summed E-state index contributed by atoms with van der Waals surface area (Å²) in [5.74, 6) is -0.121. The van der Waals surface area contributed by atoms with Crippen LogP contribution < -0.4 is 11.1 Å². The van der Waals surface area contributed by atoms with E-state index in [0.29, 0.717) is 10.7 Å². The second-order valence-electron chi connectivity index (χ2n) is 5.26. The Balaban J connectivity index is 1.81. The van der Waals surface area contributed by atoms with Crippen LogP contribution in [0.4, 0.5) is 5.13 Å². The van der Waals surface area contributed by atoms with Crippen molar-refractivity contribution in [3.63, 3.8) is 0 Å². The zero-order valence-electron chi connectivity index (χ0n) is 11.6. The van der Waals surface area contributed by atoms with Crippen molar-refractivity contribution in [2.45, 2.75) is 32.2 Å². The van der Waals surface area contributed by atoms with Crippen molar-refractivity contribution in [2.24, 2.45) is 5.73 Å². The summed E-state index contributed by atoms with van der Waals surface area (Å²) >= 11 is 4.98. The van der Waals surface area contributed by atoms with Crippen molar-refractivity contribution < 1.29 is 4.79 Å². The van der Waals surface area contributed by atoms with Gasteiger partial charge in [-0.2, -0.15) is 0 Å². The number of benzene rings is 1. The number of fused-ring (bicyclic) bond motifs is 1. The fraction of sp³-hybridized carbons (Fsp3) is 0.333. The number of hydrogen-bond donors (Lipinski definition) is 2. The summed E-state index contributed by atoms with van der Waals surface area (Å²) in [5, 5.41) is 3.57. The number of carbonyl (C=O) groups is 1. The minimum absolute atomic E-state index is 0.121. The highest BCUT2D eigenvalue weighted by atomic mass is 79.9. The highest BCUT2D eigenvalue weighted by molar-refractivity contribution is 9.10. The Morgan fingerprint density at radius 2 is 2.33 bits per heavy atom. The van der Waals surface area contributed by atoms with Crippen molar-refractivity contribution in [3.8, 4) is 0 Å². The lowest BCUT2D eigenvalue weighted by atomic mass is 9.99. The number of hydrogen-bond acceptors (Lipinski definition) is 4. The number of nitrogens with one attached hydrogen (secondary N) is 1. The molecule has 3 N–H and O–H groups in total. The molecule has 2 aromatic rings. The second-order valence-corrected chi connectivity index (χ2v) is 7.20. The Bertz CT molecular complexity index is 698. The van der Waals surface area contributed by atoms with E-state index in [0.717, 1.165) is 35.0 Å². The predicted octanol–water partition coefficient (Wildman–Crippen LogP) is 3.28. The molecule has 0 radical (unpaired) electrons. The summed E-state index contributed by atoms with van der Waals surface area (Å²) < 4.78 is 0.930. The first kappa shape index (κ1) is 14.7. The molecule has 0 fully saturated rings. The molecule has 21 heavy (non-hydrogen) atoms. The Morgan fingerprint density at radius 3 is 3.14 bits per heavy atom. The van der Waals surface area contributed by atoms with Crippen LogP contribution in [-0.2, 0) is 12.8 Å². The highest BCUT2D eigenvalue weighted by Gasteiger charge is 2.21. The minimum Gasteiger partial charge on any atom is -0.327 e. The van der Waals surface area contributed by atoms with Crippen LogP contribution in [0.1, 0.15) is 32.9 Å². The van der Waals surface area contributed by atoms with E-state index in [-0.39, 0.29) is 11.9 Å². The van der Waals surface area contributed by atoms with Crippen molar-refractivity contribution in [1.82, 2.24) is 4.98 Å². The number of anilines is 1. The molecule has 4 nitrogen and oxygen atoms in total. The van der Waals surface area contributed by atoms with Gasteiger partial charge in [-0.05, 0) is 43.9 Å². The van der Waals surface area contributed by atoms with E-state index >= 15 is 0 Å². The Labute approximate surface area is 135 Å². The van der Waals surface area contributed by atoms with E-state index in [2.05, 4.69) is 26.2 Å². The molecule has 0 saturated heterocycles. The normalized spacial score (nSPS) is 17.4. The number of nitrogens with zero attached hydrogens (tertiary/aromatic N) is 1. The quantitative estimate of drug-likeness (QED) is 0.857. The van der Waals surface area contributed by atoms with Gasteiger partial charge in [0.25, 0.3) is 5.91 Å². The number of halogens is 1. The lowest BCUT2D eigenvalue weighted by molar-refractivity contribution is 0.102. The molecular formula is C15H16BrN3OS. The van der Waals surface area contributed by atoms with E-state index < -0.39 is 0 Å². The van der Waals surface area contributed by atoms with E-state index in [1.54, 1.807) is 0 Å². The molecule has 1 heterocycles. The lowest BCUT2D eigenvalue weighted by Gasteiger charge is -2.15. The predicted molar refractivity (Wildman–Crippen MR) is 88.9 cm³/mol. The third kappa shape index (κ3) is 3.02. The van der Waals surface area contributed by atoms with Crippen molar-refractivity contribution in [1.29, 1.82) is 0 Å². The molecule has 0 spiro atoms. The molecule has 0 unspecified atom stereocenters. The fourth-order valence-corrected chi connectivity index (χ4v) is 3.93. The van der Waals surface area contributed by atoms with Crippen molar-refractivity contribution in [3.05, 3.63) is 44.4 Å². The topological polar surface area (TPSA) is 68.0 Å². The van der Waals surface area contributed by atoms with Crippen LogP contribution in [0.15, 0.2) is 22.7 Å². The van der Waals surface area contributed by atoms with Gasteiger partial charge in [-0.15, -0.1) is 11.3 Å². The van der Waals surface area contributed by atoms with Gasteiger partial charge < -0.3 is 5.73 Å². The maximum absolute atomic E-state index is 12.4. The molecular weight excluding hydrogens is 350 g/mol. The number of aryl methyl sites for hydroxylation is 1. The summed E-state index contributed by atoms with van der Waals surface area (Å²) in [7, 11) is 0. The van der Waals surface area contributed by atoms with E-state index in [9.17, 15) is 4.79 Å². The first-order valence-electron chi connectivity index (χ1n) is 6.85. The van der Waals surface area contributed by atoms with Gasteiger partial charge in [0.2, 0.25) is 0 Å². The van der Waals surface area contributed by atoms with Crippen molar-refractivity contribution >= 4 is 38.3 Å². The number of carbonyl (C=O) groups excluding carboxylic acids is 1. The number of thiazole rings is 1. The van der Waals surface area contributed by atoms with E-state index in [1.807, 2.05) is 25.1 Å². The molecule has 1 aromatic heterocycles. The molecule has 1 aromatic carbocycles. The monoisotopic (exact) mass is 365 g/mol. The fourth-order valence-electron chi connectivity index (χ4n) is 2.47. The standard InChI is InChI=1S/C15H16BrN3OS/c1-8-10(3-2-4-11(8)16)14(20)19-15-18-12-6-5-9(17)7-13(12)21-15/h2-4,9H,5-7,17H2,1H3,(H,18,19,20)/t9-/m0/s1. The summed E-state index contributed by atoms with van der Waals surface area (Å²) in [6.07, 6.45) is 2.73. The second kappa shape index (κ2) is 5.87. The van der Waals surface area contributed by atoms with Crippen LogP contribution in [0, 0.1) is 6.92 Å². The summed E-state index contributed by atoms with van der Waals surface area (Å²) in [4.78, 5) is 18.1. The van der Waals surface area contributed by atoms with Gasteiger partial charge in [0, 0.05) is 21.0 Å². The maximum atomic E-state index is 12.4. The molecule has 3 rings (SSSR count). The third-order valence-corrected chi connectivity index (χ3v) is 5.61. The van der Waals surface area contributed by atoms with Gasteiger partial charge in [0.1, 0.15) is 0 Å². The van der Waals surface area contributed by atoms with Gasteiger partial charge >= 0.3 is 0 Å².